The van der Waals surface area contributed by atoms with E-state index in [-0.39, 0.29) is 0 Å². The number of nitrogens with one attached hydrogen (secondary N) is 1. The minimum absolute atomic E-state index is 0.316. The third kappa shape index (κ3) is 2.66. The maximum absolute atomic E-state index is 4.63. The number of aryl methyl sites for hydroxylation is 1. The first-order valence-corrected chi connectivity index (χ1v) is 5.24. The van der Waals surface area contributed by atoms with Crippen molar-refractivity contribution in [2.45, 2.75) is 33.0 Å². The van der Waals surface area contributed by atoms with Gasteiger partial charge in [0, 0.05) is 25.0 Å². The van der Waals surface area contributed by atoms with E-state index in [4.69, 9.17) is 0 Å². The predicted molar refractivity (Wildman–Crippen MR) is 57.6 cm³/mol. The van der Waals surface area contributed by atoms with Crippen molar-refractivity contribution in [2.24, 2.45) is 0 Å². The van der Waals surface area contributed by atoms with Gasteiger partial charge in [0.25, 0.3) is 0 Å². The van der Waals surface area contributed by atoms with E-state index in [0.717, 1.165) is 17.9 Å². The summed E-state index contributed by atoms with van der Waals surface area (Å²) in [5, 5.41) is 15.0. The Labute approximate surface area is 93.6 Å². The third-order valence-electron chi connectivity index (χ3n) is 2.38. The molecule has 0 radical (unpaired) electrons. The van der Waals surface area contributed by atoms with Gasteiger partial charge < -0.3 is 5.32 Å². The molecule has 2 aromatic heterocycles. The van der Waals surface area contributed by atoms with Crippen molar-refractivity contribution < 1.29 is 4.63 Å². The van der Waals surface area contributed by atoms with Crippen molar-refractivity contribution in [1.82, 2.24) is 25.4 Å². The summed E-state index contributed by atoms with van der Waals surface area (Å²) in [6.07, 6.45) is 3.72. The minimum Gasteiger partial charge on any atom is -0.307 e. The van der Waals surface area contributed by atoms with E-state index in [1.165, 1.54) is 0 Å². The molecule has 0 saturated heterocycles. The first-order valence-electron chi connectivity index (χ1n) is 5.24. The fourth-order valence-corrected chi connectivity index (χ4v) is 1.43. The lowest BCUT2D eigenvalue weighted by atomic mass is 10.3. The van der Waals surface area contributed by atoms with Gasteiger partial charge in [-0.2, -0.15) is 5.10 Å². The molecule has 0 aliphatic carbocycles. The number of nitrogens with zero attached hydrogens (tertiary/aromatic N) is 4. The van der Waals surface area contributed by atoms with E-state index in [9.17, 15) is 0 Å². The zero-order chi connectivity index (χ0) is 11.4. The van der Waals surface area contributed by atoms with Crippen molar-refractivity contribution in [1.29, 1.82) is 0 Å². The molecule has 0 bridgehead atoms. The third-order valence-corrected chi connectivity index (χ3v) is 2.38. The van der Waals surface area contributed by atoms with Crippen LogP contribution in [0.2, 0.25) is 0 Å². The topological polar surface area (TPSA) is 68.8 Å². The molecule has 6 heteroatoms. The van der Waals surface area contributed by atoms with E-state index in [2.05, 4.69) is 32.3 Å². The number of hydrogen-bond donors (Lipinski definition) is 1. The van der Waals surface area contributed by atoms with Crippen LogP contribution in [-0.2, 0) is 13.1 Å². The molecule has 0 aliphatic heterocycles. The second kappa shape index (κ2) is 4.89. The van der Waals surface area contributed by atoms with Gasteiger partial charge in [-0.15, -0.1) is 0 Å². The largest absolute Gasteiger partial charge is 0.307 e. The molecule has 0 aliphatic rings. The molecule has 2 heterocycles. The summed E-state index contributed by atoms with van der Waals surface area (Å²) in [5.74, 6) is 0. The summed E-state index contributed by atoms with van der Waals surface area (Å²) in [5.41, 5.74) is 1.69. The van der Waals surface area contributed by atoms with Crippen molar-refractivity contribution in [2.75, 3.05) is 0 Å². The number of hydrogen-bond acceptors (Lipinski definition) is 5. The SMILES string of the molecule is Cc1nonc1CNC(C)Cn1cccn1. The summed E-state index contributed by atoms with van der Waals surface area (Å²) in [7, 11) is 0. The average Bonchev–Trinajstić information content (AvgIpc) is 2.87. The smallest absolute Gasteiger partial charge is 0.121 e. The molecule has 86 valence electrons. The van der Waals surface area contributed by atoms with Gasteiger partial charge in [-0.3, -0.25) is 4.68 Å². The highest BCUT2D eigenvalue weighted by molar-refractivity contribution is 5.03. The standard InChI is InChI=1S/C10H15N5O/c1-8(7-15-5-3-4-12-15)11-6-10-9(2)13-16-14-10/h3-5,8,11H,6-7H2,1-2H3. The molecule has 0 amide bonds. The summed E-state index contributed by atoms with van der Waals surface area (Å²) >= 11 is 0. The zero-order valence-electron chi connectivity index (χ0n) is 9.42. The Kier molecular flexibility index (Phi) is 3.31. The lowest BCUT2D eigenvalue weighted by molar-refractivity contribution is 0.299. The van der Waals surface area contributed by atoms with Crippen molar-refractivity contribution >= 4 is 0 Å². The molecule has 0 aromatic carbocycles. The first kappa shape index (κ1) is 10.8. The normalized spacial score (nSPS) is 12.9. The van der Waals surface area contributed by atoms with Crippen LogP contribution >= 0.6 is 0 Å². The van der Waals surface area contributed by atoms with Crippen LogP contribution in [0.1, 0.15) is 18.3 Å². The highest BCUT2D eigenvalue weighted by Crippen LogP contribution is 2.00. The fraction of sp³-hybridized carbons (Fsp3) is 0.500. The highest BCUT2D eigenvalue weighted by Gasteiger charge is 2.07. The van der Waals surface area contributed by atoms with Gasteiger partial charge >= 0.3 is 0 Å². The molecule has 2 rings (SSSR count). The van der Waals surface area contributed by atoms with Gasteiger partial charge in [-0.25, -0.2) is 4.63 Å². The van der Waals surface area contributed by atoms with Gasteiger partial charge in [0.1, 0.15) is 11.4 Å². The Morgan fingerprint density at radius 3 is 3.00 bits per heavy atom. The second-order valence-electron chi connectivity index (χ2n) is 3.81. The van der Waals surface area contributed by atoms with E-state index in [1.807, 2.05) is 23.9 Å². The molecular weight excluding hydrogens is 206 g/mol. The molecule has 1 unspecified atom stereocenters. The monoisotopic (exact) mass is 221 g/mol. The Morgan fingerprint density at radius 2 is 2.38 bits per heavy atom. The van der Waals surface area contributed by atoms with Crippen LogP contribution in [0.4, 0.5) is 0 Å². The molecule has 1 N–H and O–H groups in total. The maximum atomic E-state index is 4.63. The molecule has 0 fully saturated rings. The lowest BCUT2D eigenvalue weighted by Crippen LogP contribution is -2.30. The van der Waals surface area contributed by atoms with Crippen LogP contribution in [0.5, 0.6) is 0 Å². The van der Waals surface area contributed by atoms with E-state index in [0.29, 0.717) is 12.6 Å². The number of rotatable bonds is 5. The summed E-state index contributed by atoms with van der Waals surface area (Å²) in [6, 6.07) is 2.23. The molecular formula is C10H15N5O. The van der Waals surface area contributed by atoms with Crippen molar-refractivity contribution in [3.8, 4) is 0 Å². The van der Waals surface area contributed by atoms with E-state index < -0.39 is 0 Å². The lowest BCUT2D eigenvalue weighted by Gasteiger charge is -2.12. The van der Waals surface area contributed by atoms with Crippen LogP contribution in [0.3, 0.4) is 0 Å². The highest BCUT2D eigenvalue weighted by atomic mass is 16.6. The van der Waals surface area contributed by atoms with Crippen molar-refractivity contribution in [3.05, 3.63) is 29.8 Å². The van der Waals surface area contributed by atoms with Gasteiger partial charge in [0.2, 0.25) is 0 Å². The molecule has 2 aromatic rings. The quantitative estimate of drug-likeness (QED) is 0.807. The molecule has 0 saturated carbocycles. The number of aromatic nitrogens is 4. The van der Waals surface area contributed by atoms with Crippen LogP contribution in [0.25, 0.3) is 0 Å². The minimum atomic E-state index is 0.316. The molecule has 16 heavy (non-hydrogen) atoms. The molecule has 0 spiro atoms. The second-order valence-corrected chi connectivity index (χ2v) is 3.81. The van der Waals surface area contributed by atoms with Gasteiger partial charge in [-0.1, -0.05) is 10.3 Å². The van der Waals surface area contributed by atoms with Crippen LogP contribution in [0.15, 0.2) is 23.1 Å². The molecule has 6 nitrogen and oxygen atoms in total. The Bertz CT molecular complexity index is 422. The van der Waals surface area contributed by atoms with E-state index >= 15 is 0 Å². The maximum Gasteiger partial charge on any atom is 0.121 e. The zero-order valence-corrected chi connectivity index (χ0v) is 9.42. The summed E-state index contributed by atoms with van der Waals surface area (Å²) < 4.78 is 6.52. The molecule has 1 atom stereocenters. The predicted octanol–water partition coefficient (Wildman–Crippen LogP) is 0.753. The van der Waals surface area contributed by atoms with Crippen LogP contribution in [-0.4, -0.2) is 26.1 Å². The first-order chi connectivity index (χ1) is 7.75. The Balaban J connectivity index is 1.80. The van der Waals surface area contributed by atoms with Crippen molar-refractivity contribution in [3.63, 3.8) is 0 Å². The fourth-order valence-electron chi connectivity index (χ4n) is 1.43. The van der Waals surface area contributed by atoms with Gasteiger partial charge in [0.15, 0.2) is 0 Å². The Hall–Kier alpha value is -1.69. The van der Waals surface area contributed by atoms with Gasteiger partial charge in [-0.05, 0) is 19.9 Å². The summed E-state index contributed by atoms with van der Waals surface area (Å²) in [6.45, 7) is 5.48. The van der Waals surface area contributed by atoms with Gasteiger partial charge in [0.05, 0.1) is 6.54 Å². The van der Waals surface area contributed by atoms with Crippen LogP contribution in [0, 0.1) is 6.92 Å². The summed E-state index contributed by atoms with van der Waals surface area (Å²) in [4.78, 5) is 0. The average molecular weight is 221 g/mol. The van der Waals surface area contributed by atoms with E-state index in [1.54, 1.807) is 6.20 Å². The Morgan fingerprint density at radius 1 is 1.50 bits per heavy atom. The van der Waals surface area contributed by atoms with Crippen LogP contribution < -0.4 is 5.32 Å².